The van der Waals surface area contributed by atoms with Crippen LogP contribution in [0.2, 0.25) is 0 Å². The normalized spacial score (nSPS) is 9.69. The molecule has 1 N–H and O–H groups in total. The topological polar surface area (TPSA) is 54.9 Å². The number of aromatic amines is 1. The molecule has 0 unspecified atom stereocenters. The van der Waals surface area contributed by atoms with Crippen LogP contribution in [0.3, 0.4) is 0 Å². The van der Waals surface area contributed by atoms with E-state index in [9.17, 15) is 9.59 Å². The van der Waals surface area contributed by atoms with Crippen LogP contribution < -0.4 is 11.2 Å². The molecule has 4 heteroatoms. The first-order chi connectivity index (χ1) is 7.70. The van der Waals surface area contributed by atoms with E-state index in [1.54, 1.807) is 24.3 Å². The fourth-order valence-electron chi connectivity index (χ4n) is 1.37. The van der Waals surface area contributed by atoms with Gasteiger partial charge in [0.25, 0.3) is 5.56 Å². The van der Waals surface area contributed by atoms with Gasteiger partial charge in [0, 0.05) is 17.8 Å². The van der Waals surface area contributed by atoms with E-state index in [4.69, 9.17) is 6.42 Å². The zero-order valence-corrected chi connectivity index (χ0v) is 8.31. The molecule has 0 amide bonds. The second kappa shape index (κ2) is 3.91. The van der Waals surface area contributed by atoms with Gasteiger partial charge in [0.15, 0.2) is 0 Å². The van der Waals surface area contributed by atoms with Gasteiger partial charge in [-0.25, -0.2) is 4.79 Å². The molecule has 0 radical (unpaired) electrons. The summed E-state index contributed by atoms with van der Waals surface area (Å²) in [5.41, 5.74) is 0.392. The average Bonchev–Trinajstić information content (AvgIpc) is 2.29. The molecule has 0 spiro atoms. The van der Waals surface area contributed by atoms with Crippen LogP contribution in [0.25, 0.3) is 5.69 Å². The van der Waals surface area contributed by atoms with Gasteiger partial charge in [-0.3, -0.25) is 14.3 Å². The number of rotatable bonds is 1. The lowest BCUT2D eigenvalue weighted by atomic mass is 10.2. The van der Waals surface area contributed by atoms with Crippen molar-refractivity contribution in [1.29, 1.82) is 0 Å². The zero-order valence-electron chi connectivity index (χ0n) is 8.31. The van der Waals surface area contributed by atoms with Crippen LogP contribution in [0.4, 0.5) is 0 Å². The highest BCUT2D eigenvalue weighted by Crippen LogP contribution is 2.06. The highest BCUT2D eigenvalue weighted by atomic mass is 16.2. The molecule has 16 heavy (non-hydrogen) atoms. The standard InChI is InChI=1S/C12H8N2O2/c1-2-9-4-3-5-10(8-9)14-7-6-11(15)13-12(14)16/h1,3-8H,(H,13,15,16). The monoisotopic (exact) mass is 212 g/mol. The van der Waals surface area contributed by atoms with Crippen LogP contribution in [0.5, 0.6) is 0 Å². The summed E-state index contributed by atoms with van der Waals surface area (Å²) in [6, 6.07) is 8.23. The molecule has 0 aliphatic heterocycles. The van der Waals surface area contributed by atoms with E-state index in [2.05, 4.69) is 10.9 Å². The Morgan fingerprint density at radius 2 is 2.06 bits per heavy atom. The minimum Gasteiger partial charge on any atom is -0.274 e. The fraction of sp³-hybridized carbons (Fsp3) is 0. The van der Waals surface area contributed by atoms with Gasteiger partial charge in [0.05, 0.1) is 5.69 Å². The molecule has 0 bridgehead atoms. The molecule has 0 fully saturated rings. The van der Waals surface area contributed by atoms with E-state index in [0.717, 1.165) is 0 Å². The van der Waals surface area contributed by atoms with Crippen LogP contribution >= 0.6 is 0 Å². The fourth-order valence-corrected chi connectivity index (χ4v) is 1.37. The highest BCUT2D eigenvalue weighted by molar-refractivity contribution is 5.42. The van der Waals surface area contributed by atoms with Gasteiger partial charge in [0.1, 0.15) is 0 Å². The Balaban J connectivity index is 2.64. The van der Waals surface area contributed by atoms with Gasteiger partial charge in [0.2, 0.25) is 0 Å². The van der Waals surface area contributed by atoms with Crippen molar-refractivity contribution in [3.05, 3.63) is 62.9 Å². The maximum atomic E-state index is 11.5. The summed E-state index contributed by atoms with van der Waals surface area (Å²) < 4.78 is 1.32. The van der Waals surface area contributed by atoms with E-state index >= 15 is 0 Å². The summed E-state index contributed by atoms with van der Waals surface area (Å²) >= 11 is 0. The minimum atomic E-state index is -0.485. The van der Waals surface area contributed by atoms with Crippen molar-refractivity contribution < 1.29 is 0 Å². The van der Waals surface area contributed by atoms with Gasteiger partial charge < -0.3 is 0 Å². The van der Waals surface area contributed by atoms with Crippen molar-refractivity contribution in [2.75, 3.05) is 0 Å². The molecule has 1 aromatic carbocycles. The molecule has 0 saturated heterocycles. The van der Waals surface area contributed by atoms with Crippen molar-refractivity contribution in [2.45, 2.75) is 0 Å². The Hall–Kier alpha value is -2.54. The maximum absolute atomic E-state index is 11.5. The Bertz CT molecular complexity index is 674. The second-order valence-corrected chi connectivity index (χ2v) is 3.17. The predicted octanol–water partition coefficient (Wildman–Crippen LogP) is 0.507. The summed E-state index contributed by atoms with van der Waals surface area (Å²) in [6.45, 7) is 0. The van der Waals surface area contributed by atoms with E-state index < -0.39 is 11.2 Å². The lowest BCUT2D eigenvalue weighted by Gasteiger charge is -2.04. The number of aromatic nitrogens is 2. The number of benzene rings is 1. The largest absolute Gasteiger partial charge is 0.332 e. The first-order valence-corrected chi connectivity index (χ1v) is 4.60. The highest BCUT2D eigenvalue weighted by Gasteiger charge is 1.99. The van der Waals surface area contributed by atoms with Gasteiger partial charge in [-0.15, -0.1) is 6.42 Å². The van der Waals surface area contributed by atoms with Crippen LogP contribution in [0.1, 0.15) is 5.56 Å². The Labute approximate surface area is 91.2 Å². The molecule has 2 aromatic rings. The number of nitrogens with one attached hydrogen (secondary N) is 1. The van der Waals surface area contributed by atoms with Crippen LogP contribution in [0, 0.1) is 12.3 Å². The predicted molar refractivity (Wildman–Crippen MR) is 60.6 cm³/mol. The third kappa shape index (κ3) is 1.79. The molecule has 0 aliphatic rings. The van der Waals surface area contributed by atoms with Gasteiger partial charge in [-0.05, 0) is 18.2 Å². The van der Waals surface area contributed by atoms with Crippen LogP contribution in [-0.4, -0.2) is 9.55 Å². The molecule has 1 heterocycles. The molecule has 1 aromatic heterocycles. The molecule has 0 atom stereocenters. The maximum Gasteiger partial charge on any atom is 0.332 e. The second-order valence-electron chi connectivity index (χ2n) is 3.17. The van der Waals surface area contributed by atoms with Crippen molar-refractivity contribution in [3.8, 4) is 18.0 Å². The molecule has 0 aliphatic carbocycles. The molecule has 4 nitrogen and oxygen atoms in total. The van der Waals surface area contributed by atoms with Crippen LogP contribution in [0.15, 0.2) is 46.1 Å². The summed E-state index contributed by atoms with van der Waals surface area (Å²) in [5, 5.41) is 0. The molecular formula is C12H8N2O2. The third-order valence-corrected chi connectivity index (χ3v) is 2.11. The number of nitrogens with zero attached hydrogens (tertiary/aromatic N) is 1. The molecule has 78 valence electrons. The smallest absolute Gasteiger partial charge is 0.274 e. The molecule has 2 rings (SSSR count). The molecular weight excluding hydrogens is 204 g/mol. The first kappa shape index (κ1) is 9.99. The lowest BCUT2D eigenvalue weighted by Crippen LogP contribution is -2.27. The van der Waals surface area contributed by atoms with Crippen molar-refractivity contribution in [3.63, 3.8) is 0 Å². The number of terminal acetylenes is 1. The zero-order chi connectivity index (χ0) is 11.5. The average molecular weight is 212 g/mol. The number of hydrogen-bond donors (Lipinski definition) is 1. The number of H-pyrrole nitrogens is 1. The minimum absolute atomic E-state index is 0.422. The summed E-state index contributed by atoms with van der Waals surface area (Å²) in [7, 11) is 0. The SMILES string of the molecule is C#Cc1cccc(-n2ccc(=O)[nH]c2=O)c1. The van der Waals surface area contributed by atoms with E-state index in [1.807, 2.05) is 0 Å². The summed E-state index contributed by atoms with van der Waals surface area (Å²) in [4.78, 5) is 24.6. The van der Waals surface area contributed by atoms with Crippen LogP contribution in [-0.2, 0) is 0 Å². The number of hydrogen-bond acceptors (Lipinski definition) is 2. The Morgan fingerprint density at radius 1 is 1.25 bits per heavy atom. The van der Waals surface area contributed by atoms with Gasteiger partial charge in [-0.2, -0.15) is 0 Å². The summed E-state index contributed by atoms with van der Waals surface area (Å²) in [5.74, 6) is 2.48. The van der Waals surface area contributed by atoms with E-state index in [1.165, 1.54) is 16.8 Å². The Morgan fingerprint density at radius 3 is 2.75 bits per heavy atom. The first-order valence-electron chi connectivity index (χ1n) is 4.60. The Kier molecular flexibility index (Phi) is 2.44. The summed E-state index contributed by atoms with van der Waals surface area (Å²) in [6.07, 6.45) is 6.68. The van der Waals surface area contributed by atoms with Gasteiger partial charge in [-0.1, -0.05) is 12.0 Å². The van der Waals surface area contributed by atoms with Crippen molar-refractivity contribution >= 4 is 0 Å². The van der Waals surface area contributed by atoms with E-state index in [0.29, 0.717) is 11.3 Å². The van der Waals surface area contributed by atoms with Gasteiger partial charge >= 0.3 is 5.69 Å². The molecule has 0 saturated carbocycles. The lowest BCUT2D eigenvalue weighted by molar-refractivity contribution is 0.896. The van der Waals surface area contributed by atoms with Crippen molar-refractivity contribution in [2.24, 2.45) is 0 Å². The third-order valence-electron chi connectivity index (χ3n) is 2.11. The quantitative estimate of drug-likeness (QED) is 0.700. The van der Waals surface area contributed by atoms with E-state index in [-0.39, 0.29) is 0 Å². The van der Waals surface area contributed by atoms with Crippen molar-refractivity contribution in [1.82, 2.24) is 9.55 Å².